The summed E-state index contributed by atoms with van der Waals surface area (Å²) in [7, 11) is 1.40. The summed E-state index contributed by atoms with van der Waals surface area (Å²) in [6.07, 6.45) is 11.5. The number of likely N-dealkylation sites (tertiary alicyclic amines) is 1. The number of carbonyl (C=O) groups is 3. The summed E-state index contributed by atoms with van der Waals surface area (Å²) < 4.78 is 10.8. The Morgan fingerprint density at radius 3 is 2.29 bits per heavy atom. The maximum atomic E-state index is 14.2. The van der Waals surface area contributed by atoms with E-state index < -0.39 is 11.6 Å². The third kappa shape index (κ3) is 6.80. The van der Waals surface area contributed by atoms with Gasteiger partial charge in [-0.25, -0.2) is 9.59 Å². The second-order valence-corrected chi connectivity index (χ2v) is 13.2. The molecule has 38 heavy (non-hydrogen) atoms. The van der Waals surface area contributed by atoms with Crippen LogP contribution >= 0.6 is 11.3 Å². The molecule has 3 aliphatic rings. The fraction of sp³-hybridized carbons (Fsp3) is 0.700. The van der Waals surface area contributed by atoms with E-state index in [1.165, 1.54) is 30.4 Å². The van der Waals surface area contributed by atoms with Gasteiger partial charge in [0.15, 0.2) is 0 Å². The van der Waals surface area contributed by atoms with E-state index in [4.69, 9.17) is 9.47 Å². The van der Waals surface area contributed by atoms with Crippen molar-refractivity contribution in [2.75, 3.05) is 25.1 Å². The van der Waals surface area contributed by atoms with Crippen LogP contribution in [0, 0.1) is 11.8 Å². The molecule has 0 N–H and O–H groups in total. The lowest BCUT2D eigenvalue weighted by Crippen LogP contribution is -2.51. The van der Waals surface area contributed by atoms with Crippen LogP contribution < -0.4 is 4.90 Å². The summed E-state index contributed by atoms with van der Waals surface area (Å²) in [4.78, 5) is 45.1. The molecule has 1 aliphatic heterocycles. The first kappa shape index (κ1) is 28.7. The first-order valence-corrected chi connectivity index (χ1v) is 15.1. The molecule has 8 heteroatoms. The Bertz CT molecular complexity index is 1040. The quantitative estimate of drug-likeness (QED) is 0.371. The number of hydrogen-bond acceptors (Lipinski definition) is 6. The van der Waals surface area contributed by atoms with Crippen LogP contribution in [0.3, 0.4) is 0 Å². The van der Waals surface area contributed by atoms with Crippen molar-refractivity contribution < 1.29 is 23.9 Å². The Hall–Kier alpha value is -2.35. The van der Waals surface area contributed by atoms with Gasteiger partial charge in [0.2, 0.25) is 5.91 Å². The smallest absolute Gasteiger partial charge is 0.410 e. The monoisotopic (exact) mass is 544 g/mol. The number of allylic oxidation sites excluding steroid dienone is 2. The minimum Gasteiger partial charge on any atom is -0.465 e. The zero-order valence-electron chi connectivity index (χ0n) is 23.7. The normalized spacial score (nSPS) is 23.0. The summed E-state index contributed by atoms with van der Waals surface area (Å²) in [5.41, 5.74) is 1.39. The molecular weight excluding hydrogens is 500 g/mol. The summed E-state index contributed by atoms with van der Waals surface area (Å²) >= 11 is 1.45. The number of hydrogen-bond donors (Lipinski definition) is 0. The maximum absolute atomic E-state index is 14.2. The van der Waals surface area contributed by atoms with Gasteiger partial charge in [-0.2, -0.15) is 0 Å². The van der Waals surface area contributed by atoms with Crippen molar-refractivity contribution in [3.8, 4) is 0 Å². The lowest BCUT2D eigenvalue weighted by molar-refractivity contribution is -0.124. The third-order valence-electron chi connectivity index (χ3n) is 8.03. The molecule has 0 spiro atoms. The summed E-state index contributed by atoms with van der Waals surface area (Å²) in [5.74, 6) is 0.313. The Morgan fingerprint density at radius 2 is 1.71 bits per heavy atom. The van der Waals surface area contributed by atoms with Gasteiger partial charge in [-0.05, 0) is 103 Å². The number of carbonyl (C=O) groups excluding carboxylic acids is 3. The number of piperidine rings is 1. The van der Waals surface area contributed by atoms with Crippen molar-refractivity contribution in [1.29, 1.82) is 0 Å². The molecule has 2 heterocycles. The zero-order valence-corrected chi connectivity index (χ0v) is 24.5. The SMILES string of the molecule is COC(=O)c1sc(C2=CCCCC2)cc1N(C(=O)C1CCC(C)CC1)C1CCN(C(=O)OC(C)(C)C)CC1. The van der Waals surface area contributed by atoms with Gasteiger partial charge in [0.1, 0.15) is 10.5 Å². The maximum Gasteiger partial charge on any atom is 0.410 e. The van der Waals surface area contributed by atoms with Gasteiger partial charge in [-0.1, -0.05) is 13.0 Å². The molecule has 1 saturated heterocycles. The van der Waals surface area contributed by atoms with Crippen LogP contribution in [-0.4, -0.2) is 54.7 Å². The van der Waals surface area contributed by atoms with Crippen LogP contribution in [0.25, 0.3) is 5.57 Å². The van der Waals surface area contributed by atoms with E-state index in [1.807, 2.05) is 25.7 Å². The largest absolute Gasteiger partial charge is 0.465 e. The number of nitrogens with zero attached hydrogens (tertiary/aromatic N) is 2. The van der Waals surface area contributed by atoms with Crippen LogP contribution in [0.4, 0.5) is 10.5 Å². The molecule has 2 fully saturated rings. The highest BCUT2D eigenvalue weighted by Gasteiger charge is 2.38. The summed E-state index contributed by atoms with van der Waals surface area (Å²) in [6, 6.07) is 1.96. The van der Waals surface area contributed by atoms with Crippen LogP contribution in [0.2, 0.25) is 0 Å². The molecule has 0 aromatic carbocycles. The number of rotatable bonds is 5. The highest BCUT2D eigenvalue weighted by molar-refractivity contribution is 7.15. The first-order chi connectivity index (χ1) is 18.1. The minimum absolute atomic E-state index is 0.0437. The molecule has 0 bridgehead atoms. The topological polar surface area (TPSA) is 76.2 Å². The van der Waals surface area contributed by atoms with Gasteiger partial charge >= 0.3 is 12.1 Å². The van der Waals surface area contributed by atoms with Crippen LogP contribution in [0.15, 0.2) is 12.1 Å². The van der Waals surface area contributed by atoms with Gasteiger partial charge in [0.05, 0.1) is 12.8 Å². The van der Waals surface area contributed by atoms with Crippen LogP contribution in [-0.2, 0) is 14.3 Å². The molecule has 0 unspecified atom stereocenters. The summed E-state index contributed by atoms with van der Waals surface area (Å²) in [5, 5.41) is 0. The van der Waals surface area contributed by atoms with E-state index >= 15 is 0 Å². The Kier molecular flexibility index (Phi) is 9.22. The Labute approximate surface area is 231 Å². The number of thiophene rings is 1. The number of ether oxygens (including phenoxy) is 2. The standard InChI is InChI=1S/C30H44N2O5S/c1-20-11-13-22(14-12-20)27(33)32(23-15-17-31(18-16-23)29(35)37-30(2,3)4)24-19-25(21-9-7-6-8-10-21)38-26(24)28(34)36-5/h9,19-20,22-23H,6-8,10-18H2,1-5H3. The van der Waals surface area contributed by atoms with Crippen LogP contribution in [0.1, 0.15) is 106 Å². The fourth-order valence-corrected chi connectivity index (χ4v) is 6.99. The third-order valence-corrected chi connectivity index (χ3v) is 9.21. The number of esters is 1. The number of methoxy groups -OCH3 is 1. The minimum atomic E-state index is -0.551. The van der Waals surface area contributed by atoms with E-state index in [0.29, 0.717) is 42.4 Å². The second kappa shape index (κ2) is 12.2. The highest BCUT2D eigenvalue weighted by Crippen LogP contribution is 2.41. The lowest BCUT2D eigenvalue weighted by atomic mass is 9.82. The molecule has 2 amide bonds. The average molecular weight is 545 g/mol. The highest BCUT2D eigenvalue weighted by atomic mass is 32.1. The Balaban J connectivity index is 1.65. The predicted molar refractivity (Wildman–Crippen MR) is 152 cm³/mol. The molecule has 7 nitrogen and oxygen atoms in total. The molecule has 1 aromatic rings. The first-order valence-electron chi connectivity index (χ1n) is 14.3. The molecule has 210 valence electrons. The van der Waals surface area contributed by atoms with Crippen molar-refractivity contribution in [2.24, 2.45) is 11.8 Å². The van der Waals surface area contributed by atoms with Gasteiger partial charge in [-0.3, -0.25) is 4.79 Å². The molecule has 4 rings (SSSR count). The molecule has 2 aliphatic carbocycles. The van der Waals surface area contributed by atoms with Gasteiger partial charge in [0, 0.05) is 29.9 Å². The van der Waals surface area contributed by atoms with Crippen molar-refractivity contribution >= 4 is 40.6 Å². The van der Waals surface area contributed by atoms with Crippen molar-refractivity contribution in [3.05, 3.63) is 21.9 Å². The van der Waals surface area contributed by atoms with E-state index in [2.05, 4.69) is 19.1 Å². The van der Waals surface area contributed by atoms with E-state index in [9.17, 15) is 14.4 Å². The number of amides is 2. The predicted octanol–water partition coefficient (Wildman–Crippen LogP) is 7.05. The van der Waals surface area contributed by atoms with E-state index in [1.54, 1.807) is 4.90 Å². The lowest BCUT2D eigenvalue weighted by Gasteiger charge is -2.40. The summed E-state index contributed by atoms with van der Waals surface area (Å²) in [6.45, 7) is 8.89. The number of anilines is 1. The van der Waals surface area contributed by atoms with Crippen LogP contribution in [0.5, 0.6) is 0 Å². The van der Waals surface area contributed by atoms with Crippen molar-refractivity contribution in [1.82, 2.24) is 4.90 Å². The van der Waals surface area contributed by atoms with Crippen molar-refractivity contribution in [3.63, 3.8) is 0 Å². The second-order valence-electron chi connectivity index (χ2n) is 12.2. The molecule has 0 atom stereocenters. The zero-order chi connectivity index (χ0) is 27.4. The van der Waals surface area contributed by atoms with Gasteiger partial charge in [-0.15, -0.1) is 11.3 Å². The molecular formula is C30H44N2O5S. The average Bonchev–Trinajstić information content (AvgIpc) is 3.33. The van der Waals surface area contributed by atoms with E-state index in [-0.39, 0.29) is 24.0 Å². The Morgan fingerprint density at radius 1 is 1.03 bits per heavy atom. The fourth-order valence-electron chi connectivity index (χ4n) is 5.85. The van der Waals surface area contributed by atoms with E-state index in [0.717, 1.165) is 49.8 Å². The van der Waals surface area contributed by atoms with Gasteiger partial charge < -0.3 is 19.3 Å². The van der Waals surface area contributed by atoms with Crippen molar-refractivity contribution in [2.45, 2.75) is 104 Å². The molecule has 1 saturated carbocycles. The molecule has 0 radical (unpaired) electrons. The van der Waals surface area contributed by atoms with Gasteiger partial charge in [0.25, 0.3) is 0 Å². The molecule has 1 aromatic heterocycles.